The average Bonchev–Trinajstić information content (AvgIpc) is 3.12. The average molecular weight is 436 g/mol. The van der Waals surface area contributed by atoms with Gasteiger partial charge < -0.3 is 13.8 Å². The predicted molar refractivity (Wildman–Crippen MR) is 117 cm³/mol. The van der Waals surface area contributed by atoms with Crippen LogP contribution < -0.4 is 0 Å². The molecular weight excluding hydrogens is 403 g/mol. The fourth-order valence-electron chi connectivity index (χ4n) is 2.98. The van der Waals surface area contributed by atoms with Gasteiger partial charge in [0.15, 0.2) is 0 Å². The molecule has 0 aliphatic rings. The van der Waals surface area contributed by atoms with Crippen molar-refractivity contribution in [1.29, 1.82) is 0 Å². The summed E-state index contributed by atoms with van der Waals surface area (Å²) in [6, 6.07) is 8.02. The molecule has 0 bridgehead atoms. The first-order chi connectivity index (χ1) is 14.1. The number of esters is 1. The number of carbonyl (C=O) groups is 1. The minimum absolute atomic E-state index is 0.00965. The van der Waals surface area contributed by atoms with Crippen molar-refractivity contribution in [2.45, 2.75) is 71.6 Å². The molecule has 0 saturated heterocycles. The molecule has 166 valence electrons. The number of carbonyl (C=O) groups excluding carboxylic acids is 1. The number of unbranched alkanes of at least 4 members (excludes halogenated alkanes) is 1. The van der Waals surface area contributed by atoms with Gasteiger partial charge in [-0.05, 0) is 46.1 Å². The van der Waals surface area contributed by atoms with Crippen LogP contribution in [0.4, 0.5) is 0 Å². The number of hydrogen-bond acceptors (Lipinski definition) is 7. The summed E-state index contributed by atoms with van der Waals surface area (Å²) < 4.78 is 29.2. The Balaban J connectivity index is 2.20. The Labute approximate surface area is 179 Å². The van der Waals surface area contributed by atoms with Crippen molar-refractivity contribution in [3.05, 3.63) is 35.7 Å². The van der Waals surface area contributed by atoms with Crippen LogP contribution in [0.5, 0.6) is 0 Å². The van der Waals surface area contributed by atoms with E-state index in [-0.39, 0.29) is 18.9 Å². The second-order valence-corrected chi connectivity index (χ2v) is 11.1. The first kappa shape index (κ1) is 24.3. The van der Waals surface area contributed by atoms with Crippen LogP contribution in [0.25, 0.3) is 11.4 Å². The van der Waals surface area contributed by atoms with Gasteiger partial charge in [0.05, 0.1) is 6.61 Å². The van der Waals surface area contributed by atoms with E-state index in [9.17, 15) is 9.36 Å². The third-order valence-corrected chi connectivity index (χ3v) is 6.79. The molecule has 0 amide bonds. The van der Waals surface area contributed by atoms with E-state index in [1.807, 2.05) is 12.1 Å². The Hall–Kier alpha value is -1.98. The topological polar surface area (TPSA) is 91.5 Å². The normalized spacial score (nSPS) is 14.9. The van der Waals surface area contributed by atoms with Crippen molar-refractivity contribution >= 4 is 13.3 Å². The fraction of sp³-hybridized carbons (Fsp3) is 0.591. The van der Waals surface area contributed by atoms with E-state index in [0.717, 1.165) is 24.8 Å². The second kappa shape index (κ2) is 10.4. The fourth-order valence-corrected chi connectivity index (χ4v) is 4.59. The van der Waals surface area contributed by atoms with Gasteiger partial charge >= 0.3 is 5.97 Å². The van der Waals surface area contributed by atoms with Gasteiger partial charge in [0.2, 0.25) is 19.1 Å². The van der Waals surface area contributed by atoms with E-state index < -0.39 is 24.6 Å². The molecule has 1 aromatic heterocycles. The number of rotatable bonds is 10. The van der Waals surface area contributed by atoms with Crippen LogP contribution in [-0.4, -0.2) is 40.6 Å². The Morgan fingerprint density at radius 1 is 1.20 bits per heavy atom. The molecule has 0 radical (unpaired) electrons. The maximum Gasteiger partial charge on any atom is 0.319 e. The van der Waals surface area contributed by atoms with Gasteiger partial charge in [-0.3, -0.25) is 9.36 Å². The molecule has 0 N–H and O–H groups in total. The third kappa shape index (κ3) is 7.06. The largest absolute Gasteiger partial charge is 0.459 e. The number of ether oxygens (including phenoxy) is 1. The van der Waals surface area contributed by atoms with Crippen molar-refractivity contribution in [1.82, 2.24) is 10.1 Å². The number of aromatic nitrogens is 2. The van der Waals surface area contributed by atoms with Gasteiger partial charge in [0, 0.05) is 18.6 Å². The smallest absolute Gasteiger partial charge is 0.319 e. The zero-order valence-electron chi connectivity index (χ0n) is 18.8. The van der Waals surface area contributed by atoms with Crippen LogP contribution in [0.2, 0.25) is 0 Å². The molecule has 30 heavy (non-hydrogen) atoms. The van der Waals surface area contributed by atoms with E-state index in [1.54, 1.807) is 27.7 Å². The van der Waals surface area contributed by atoms with E-state index in [4.69, 9.17) is 13.8 Å². The predicted octanol–water partition coefficient (Wildman–Crippen LogP) is 5.28. The van der Waals surface area contributed by atoms with Crippen LogP contribution in [0.1, 0.15) is 58.9 Å². The molecule has 8 heteroatoms. The Morgan fingerprint density at radius 3 is 2.43 bits per heavy atom. The minimum atomic E-state index is -3.29. The monoisotopic (exact) mass is 436 g/mol. The first-order valence-electron chi connectivity index (χ1n) is 10.4. The quantitative estimate of drug-likeness (QED) is 0.370. The molecule has 1 heterocycles. The van der Waals surface area contributed by atoms with E-state index in [2.05, 4.69) is 29.2 Å². The summed E-state index contributed by atoms with van der Waals surface area (Å²) in [5.74, 6) is 0.0526. The molecule has 0 spiro atoms. The summed E-state index contributed by atoms with van der Waals surface area (Å²) in [6.07, 6.45) is 3.33. The lowest BCUT2D eigenvalue weighted by molar-refractivity contribution is -0.154. The van der Waals surface area contributed by atoms with Crippen molar-refractivity contribution in [2.75, 3.05) is 13.3 Å². The lowest BCUT2D eigenvalue weighted by Gasteiger charge is -2.26. The molecule has 2 rings (SSSR count). The molecule has 0 aliphatic heterocycles. The molecular formula is C22H33N2O5P. The SMILES string of the molecule is CCCCc1ccc(-c2noc(CC(C(=O)OC(C)(C)C)P(C)(=O)OCC)n2)cc1. The first-order valence-corrected chi connectivity index (χ1v) is 12.6. The molecule has 0 fully saturated rings. The molecule has 0 aliphatic carbocycles. The number of hydrogen-bond donors (Lipinski definition) is 0. The van der Waals surface area contributed by atoms with Crippen LogP contribution >= 0.6 is 7.37 Å². The Bertz CT molecular complexity index is 870. The number of benzene rings is 1. The lowest BCUT2D eigenvalue weighted by Crippen LogP contribution is -2.33. The summed E-state index contributed by atoms with van der Waals surface area (Å²) in [4.78, 5) is 17.1. The minimum Gasteiger partial charge on any atom is -0.459 e. The van der Waals surface area contributed by atoms with Crippen molar-refractivity contribution in [3.63, 3.8) is 0 Å². The highest BCUT2D eigenvalue weighted by atomic mass is 31.2. The van der Waals surface area contributed by atoms with Crippen molar-refractivity contribution < 1.29 is 23.1 Å². The van der Waals surface area contributed by atoms with Crippen LogP contribution in [0, 0.1) is 0 Å². The zero-order chi connectivity index (χ0) is 22.4. The number of aryl methyl sites for hydroxylation is 1. The van der Waals surface area contributed by atoms with Gasteiger partial charge in [-0.25, -0.2) is 0 Å². The van der Waals surface area contributed by atoms with Crippen LogP contribution in [0.15, 0.2) is 28.8 Å². The summed E-state index contributed by atoms with van der Waals surface area (Å²) in [5, 5.41) is 4.02. The summed E-state index contributed by atoms with van der Waals surface area (Å²) >= 11 is 0. The summed E-state index contributed by atoms with van der Waals surface area (Å²) in [5.41, 5.74) is 0.365. The molecule has 2 aromatic rings. The molecule has 1 aromatic carbocycles. The van der Waals surface area contributed by atoms with Crippen molar-refractivity contribution in [2.24, 2.45) is 0 Å². The van der Waals surface area contributed by atoms with Crippen molar-refractivity contribution in [3.8, 4) is 11.4 Å². The highest BCUT2D eigenvalue weighted by Gasteiger charge is 2.40. The second-order valence-electron chi connectivity index (χ2n) is 8.39. The number of nitrogens with zero attached hydrogens (tertiary/aromatic N) is 2. The molecule has 2 atom stereocenters. The zero-order valence-corrected chi connectivity index (χ0v) is 19.7. The van der Waals surface area contributed by atoms with Gasteiger partial charge in [-0.15, -0.1) is 0 Å². The van der Waals surface area contributed by atoms with E-state index in [1.165, 1.54) is 12.2 Å². The maximum absolute atomic E-state index is 13.0. The van der Waals surface area contributed by atoms with Gasteiger partial charge in [-0.1, -0.05) is 42.8 Å². The third-order valence-electron chi connectivity index (χ3n) is 4.50. The molecule has 7 nitrogen and oxygen atoms in total. The van der Waals surface area contributed by atoms with E-state index >= 15 is 0 Å². The Kier molecular flexibility index (Phi) is 8.39. The van der Waals surface area contributed by atoms with Gasteiger partial charge in [-0.2, -0.15) is 4.98 Å². The van der Waals surface area contributed by atoms with Gasteiger partial charge in [0.25, 0.3) is 0 Å². The van der Waals surface area contributed by atoms with Crippen LogP contribution in [0.3, 0.4) is 0 Å². The Morgan fingerprint density at radius 2 is 1.87 bits per heavy atom. The van der Waals surface area contributed by atoms with Gasteiger partial charge in [0.1, 0.15) is 11.3 Å². The highest BCUT2D eigenvalue weighted by Crippen LogP contribution is 2.50. The molecule has 0 saturated carbocycles. The highest BCUT2D eigenvalue weighted by molar-refractivity contribution is 7.60. The summed E-state index contributed by atoms with van der Waals surface area (Å²) in [7, 11) is -3.29. The van der Waals surface area contributed by atoms with Crippen LogP contribution in [-0.2, 0) is 31.5 Å². The lowest BCUT2D eigenvalue weighted by atomic mass is 10.1. The maximum atomic E-state index is 13.0. The van der Waals surface area contributed by atoms with E-state index in [0.29, 0.717) is 5.82 Å². The molecule has 2 unspecified atom stereocenters. The summed E-state index contributed by atoms with van der Waals surface area (Å²) in [6.45, 7) is 10.9. The standard InChI is InChI=1S/C22H33N2O5P/c1-7-9-10-16-11-13-17(14-12-16)20-23-19(29-24-20)15-18(30(6,26)27-8-2)21(25)28-22(3,4)5/h11-14,18H,7-10,15H2,1-6H3.